The summed E-state index contributed by atoms with van der Waals surface area (Å²) in [6.45, 7) is 1.82. The zero-order chi connectivity index (χ0) is 12.1. The van der Waals surface area contributed by atoms with Crippen LogP contribution < -0.4 is 5.32 Å². The molecule has 1 N–H and O–H groups in total. The van der Waals surface area contributed by atoms with Crippen molar-refractivity contribution in [3.05, 3.63) is 29.6 Å². The lowest BCUT2D eigenvalue weighted by molar-refractivity contribution is 0.471. The van der Waals surface area contributed by atoms with E-state index in [-0.39, 0.29) is 5.82 Å². The number of anilines is 1. The Morgan fingerprint density at radius 1 is 1.06 bits per heavy atom. The summed E-state index contributed by atoms with van der Waals surface area (Å²) in [5.74, 6) is -0.117. The first-order valence-corrected chi connectivity index (χ1v) is 6.78. The highest BCUT2D eigenvalue weighted by atomic mass is 19.1. The van der Waals surface area contributed by atoms with Crippen LogP contribution >= 0.6 is 0 Å². The van der Waals surface area contributed by atoms with Crippen molar-refractivity contribution in [2.24, 2.45) is 0 Å². The lowest BCUT2D eigenvalue weighted by atomic mass is 9.96. The molecular formula is C15H22FN. The van der Waals surface area contributed by atoms with Crippen molar-refractivity contribution >= 4 is 5.69 Å². The van der Waals surface area contributed by atoms with Crippen LogP contribution in [-0.4, -0.2) is 6.04 Å². The maximum atomic E-state index is 13.2. The molecule has 17 heavy (non-hydrogen) atoms. The van der Waals surface area contributed by atoms with E-state index in [1.165, 1.54) is 44.9 Å². The van der Waals surface area contributed by atoms with Gasteiger partial charge in [0.15, 0.2) is 0 Å². The summed E-state index contributed by atoms with van der Waals surface area (Å²) in [4.78, 5) is 0. The van der Waals surface area contributed by atoms with Crippen molar-refractivity contribution in [1.82, 2.24) is 0 Å². The Morgan fingerprint density at radius 2 is 1.71 bits per heavy atom. The molecule has 1 aromatic rings. The monoisotopic (exact) mass is 235 g/mol. The van der Waals surface area contributed by atoms with Crippen molar-refractivity contribution in [2.75, 3.05) is 5.32 Å². The molecule has 0 saturated heterocycles. The zero-order valence-electron chi connectivity index (χ0n) is 10.6. The van der Waals surface area contributed by atoms with Crippen LogP contribution in [0.1, 0.15) is 50.5 Å². The fraction of sp³-hybridized carbons (Fsp3) is 0.600. The van der Waals surface area contributed by atoms with Crippen molar-refractivity contribution in [3.63, 3.8) is 0 Å². The second-order valence-electron chi connectivity index (χ2n) is 5.15. The van der Waals surface area contributed by atoms with Crippen LogP contribution in [0.25, 0.3) is 0 Å². The molecule has 0 aliphatic heterocycles. The molecule has 1 nitrogen and oxygen atoms in total. The van der Waals surface area contributed by atoms with Gasteiger partial charge in [0.2, 0.25) is 0 Å². The van der Waals surface area contributed by atoms with Crippen LogP contribution in [0.15, 0.2) is 18.2 Å². The summed E-state index contributed by atoms with van der Waals surface area (Å²) in [6, 6.07) is 5.88. The highest BCUT2D eigenvalue weighted by Crippen LogP contribution is 2.21. The Bertz CT molecular complexity index is 354. The first kappa shape index (κ1) is 12.4. The molecule has 0 bridgehead atoms. The van der Waals surface area contributed by atoms with Crippen LogP contribution in [-0.2, 0) is 0 Å². The van der Waals surface area contributed by atoms with Gasteiger partial charge in [-0.3, -0.25) is 0 Å². The van der Waals surface area contributed by atoms with Crippen molar-refractivity contribution in [2.45, 2.75) is 57.9 Å². The van der Waals surface area contributed by atoms with Crippen molar-refractivity contribution in [3.8, 4) is 0 Å². The molecule has 0 amide bonds. The van der Waals surface area contributed by atoms with E-state index in [0.717, 1.165) is 11.3 Å². The highest BCUT2D eigenvalue weighted by Gasteiger charge is 2.11. The minimum atomic E-state index is -0.117. The lowest BCUT2D eigenvalue weighted by Crippen LogP contribution is -2.20. The van der Waals surface area contributed by atoms with Crippen LogP contribution in [0.2, 0.25) is 0 Å². The van der Waals surface area contributed by atoms with Crippen LogP contribution in [0.3, 0.4) is 0 Å². The average molecular weight is 235 g/mol. The Morgan fingerprint density at radius 3 is 2.35 bits per heavy atom. The van der Waals surface area contributed by atoms with Gasteiger partial charge in [0, 0.05) is 11.7 Å². The topological polar surface area (TPSA) is 12.0 Å². The molecule has 0 atom stereocenters. The van der Waals surface area contributed by atoms with Gasteiger partial charge in [0.25, 0.3) is 0 Å². The molecule has 1 aromatic carbocycles. The first-order chi connectivity index (χ1) is 8.25. The highest BCUT2D eigenvalue weighted by molar-refractivity contribution is 5.46. The van der Waals surface area contributed by atoms with E-state index >= 15 is 0 Å². The molecule has 1 fully saturated rings. The number of hydrogen-bond acceptors (Lipinski definition) is 1. The van der Waals surface area contributed by atoms with E-state index in [2.05, 4.69) is 5.32 Å². The number of aryl methyl sites for hydroxylation is 1. The molecule has 1 saturated carbocycles. The quantitative estimate of drug-likeness (QED) is 0.786. The molecule has 2 rings (SSSR count). The molecule has 1 aliphatic rings. The molecule has 0 radical (unpaired) electrons. The van der Waals surface area contributed by atoms with E-state index < -0.39 is 0 Å². The summed E-state index contributed by atoms with van der Waals surface area (Å²) < 4.78 is 13.2. The van der Waals surface area contributed by atoms with Gasteiger partial charge in [-0.05, 0) is 43.5 Å². The fourth-order valence-electron chi connectivity index (χ4n) is 2.57. The molecule has 0 heterocycles. The molecule has 2 heteroatoms. The van der Waals surface area contributed by atoms with Gasteiger partial charge in [-0.15, -0.1) is 0 Å². The summed E-state index contributed by atoms with van der Waals surface area (Å²) in [7, 11) is 0. The minimum absolute atomic E-state index is 0.117. The smallest absolute Gasteiger partial charge is 0.126 e. The minimum Gasteiger partial charge on any atom is -0.382 e. The molecule has 0 aromatic heterocycles. The van der Waals surface area contributed by atoms with E-state index in [9.17, 15) is 4.39 Å². The third-order valence-electron chi connectivity index (χ3n) is 3.63. The van der Waals surface area contributed by atoms with Gasteiger partial charge in [-0.2, -0.15) is 0 Å². The fourth-order valence-corrected chi connectivity index (χ4v) is 2.57. The average Bonchev–Trinajstić information content (AvgIpc) is 2.27. The van der Waals surface area contributed by atoms with Crippen LogP contribution in [0, 0.1) is 12.7 Å². The predicted molar refractivity (Wildman–Crippen MR) is 70.9 cm³/mol. The second kappa shape index (κ2) is 6.04. The summed E-state index contributed by atoms with van der Waals surface area (Å²) >= 11 is 0. The molecule has 1 aliphatic carbocycles. The molecule has 94 valence electrons. The number of halogens is 1. The first-order valence-electron chi connectivity index (χ1n) is 6.78. The summed E-state index contributed by atoms with van der Waals surface area (Å²) in [5, 5.41) is 3.55. The normalized spacial score (nSPS) is 18.5. The standard InChI is InChI=1S/C15H22FN/c1-12-11-14(9-10-15(12)16)17-13-7-5-3-2-4-6-8-13/h9-11,13,17H,2-8H2,1H3. The van der Waals surface area contributed by atoms with Crippen molar-refractivity contribution in [1.29, 1.82) is 0 Å². The van der Waals surface area contributed by atoms with E-state index in [1.807, 2.05) is 19.1 Å². The van der Waals surface area contributed by atoms with Gasteiger partial charge in [0.05, 0.1) is 0 Å². The SMILES string of the molecule is Cc1cc(NC2CCCCCCC2)ccc1F. The maximum Gasteiger partial charge on any atom is 0.126 e. The van der Waals surface area contributed by atoms with E-state index in [1.54, 1.807) is 6.07 Å². The Balaban J connectivity index is 1.95. The number of nitrogens with one attached hydrogen (secondary N) is 1. The number of hydrogen-bond donors (Lipinski definition) is 1. The van der Waals surface area contributed by atoms with Gasteiger partial charge < -0.3 is 5.32 Å². The lowest BCUT2D eigenvalue weighted by Gasteiger charge is -2.22. The van der Waals surface area contributed by atoms with Crippen LogP contribution in [0.4, 0.5) is 10.1 Å². The predicted octanol–water partition coefficient (Wildman–Crippen LogP) is 4.66. The maximum absolute atomic E-state index is 13.2. The number of rotatable bonds is 2. The van der Waals surface area contributed by atoms with Gasteiger partial charge in [0.1, 0.15) is 5.82 Å². The zero-order valence-corrected chi connectivity index (χ0v) is 10.6. The molecule has 0 spiro atoms. The summed E-state index contributed by atoms with van der Waals surface area (Å²) in [6.07, 6.45) is 9.24. The van der Waals surface area contributed by atoms with Crippen molar-refractivity contribution < 1.29 is 4.39 Å². The third-order valence-corrected chi connectivity index (χ3v) is 3.63. The van der Waals surface area contributed by atoms with Gasteiger partial charge in [-0.25, -0.2) is 4.39 Å². The molecular weight excluding hydrogens is 213 g/mol. The summed E-state index contributed by atoms with van der Waals surface area (Å²) in [5.41, 5.74) is 1.79. The Labute approximate surface area is 103 Å². The second-order valence-corrected chi connectivity index (χ2v) is 5.15. The third kappa shape index (κ3) is 3.72. The van der Waals surface area contributed by atoms with Gasteiger partial charge in [-0.1, -0.05) is 32.1 Å². The molecule has 0 unspecified atom stereocenters. The van der Waals surface area contributed by atoms with E-state index in [0.29, 0.717) is 6.04 Å². The Hall–Kier alpha value is -1.05. The van der Waals surface area contributed by atoms with Gasteiger partial charge >= 0.3 is 0 Å². The van der Waals surface area contributed by atoms with Crippen LogP contribution in [0.5, 0.6) is 0 Å². The van der Waals surface area contributed by atoms with E-state index in [4.69, 9.17) is 0 Å². The number of benzene rings is 1. The Kier molecular flexibility index (Phi) is 4.41. The largest absolute Gasteiger partial charge is 0.382 e.